The molecule has 104 valence electrons. The minimum absolute atomic E-state index is 0.0334. The van der Waals surface area contributed by atoms with Crippen LogP contribution in [0.2, 0.25) is 5.02 Å². The number of nitriles is 1. The van der Waals surface area contributed by atoms with Gasteiger partial charge in [0.05, 0.1) is 22.1 Å². The first-order valence-corrected chi connectivity index (χ1v) is 7.51. The summed E-state index contributed by atoms with van der Waals surface area (Å²) in [5.74, 6) is 0. The molecule has 0 saturated carbocycles. The Bertz CT molecular complexity index is 581. The summed E-state index contributed by atoms with van der Waals surface area (Å²) in [4.78, 5) is 0.0334. The fourth-order valence-corrected chi connectivity index (χ4v) is 3.09. The molecule has 0 heterocycles. The van der Waals surface area contributed by atoms with E-state index in [4.69, 9.17) is 21.6 Å². The Kier molecular flexibility index (Phi) is 5.76. The smallest absolute Gasteiger partial charge is 0.240 e. The van der Waals surface area contributed by atoms with Crippen LogP contribution in [0, 0.1) is 11.3 Å². The molecule has 1 N–H and O–H groups in total. The zero-order valence-corrected chi connectivity index (χ0v) is 12.3. The van der Waals surface area contributed by atoms with Crippen LogP contribution < -0.4 is 4.72 Å². The van der Waals surface area contributed by atoms with Crippen LogP contribution in [0.25, 0.3) is 0 Å². The Hall–Kier alpha value is -1.13. The van der Waals surface area contributed by atoms with Crippen molar-refractivity contribution in [3.05, 3.63) is 28.8 Å². The van der Waals surface area contributed by atoms with Crippen LogP contribution in [-0.4, -0.2) is 28.2 Å². The van der Waals surface area contributed by atoms with Gasteiger partial charge in [0, 0.05) is 13.2 Å². The van der Waals surface area contributed by atoms with E-state index in [0.29, 0.717) is 13.0 Å². The van der Waals surface area contributed by atoms with Crippen LogP contribution in [0.5, 0.6) is 0 Å². The van der Waals surface area contributed by atoms with Crippen molar-refractivity contribution in [3.63, 3.8) is 0 Å². The van der Waals surface area contributed by atoms with Crippen molar-refractivity contribution in [2.45, 2.75) is 24.3 Å². The average molecular weight is 303 g/mol. The molecule has 5 nitrogen and oxygen atoms in total. The lowest BCUT2D eigenvalue weighted by Gasteiger charge is -2.16. The van der Waals surface area contributed by atoms with Crippen molar-refractivity contribution in [3.8, 4) is 6.07 Å². The molecular formula is C12H15ClN2O3S. The molecule has 0 aliphatic heterocycles. The number of halogens is 1. The number of rotatable bonds is 6. The summed E-state index contributed by atoms with van der Waals surface area (Å²) in [6.07, 6.45) is 0.608. The maximum absolute atomic E-state index is 12.1. The predicted molar refractivity (Wildman–Crippen MR) is 72.4 cm³/mol. The molecule has 7 heteroatoms. The van der Waals surface area contributed by atoms with Gasteiger partial charge in [0.1, 0.15) is 6.07 Å². The third kappa shape index (κ3) is 4.18. The van der Waals surface area contributed by atoms with Crippen LogP contribution in [0.1, 0.15) is 18.9 Å². The maximum Gasteiger partial charge on any atom is 0.240 e. The first kappa shape index (κ1) is 15.9. The van der Waals surface area contributed by atoms with Crippen LogP contribution >= 0.6 is 11.6 Å². The Balaban J connectivity index is 3.01. The van der Waals surface area contributed by atoms with E-state index in [1.807, 2.05) is 13.0 Å². The molecule has 0 amide bonds. The largest absolute Gasteiger partial charge is 0.383 e. The predicted octanol–water partition coefficient (Wildman–Crippen LogP) is 1.91. The Morgan fingerprint density at radius 1 is 1.53 bits per heavy atom. The molecule has 19 heavy (non-hydrogen) atoms. The van der Waals surface area contributed by atoms with Crippen molar-refractivity contribution in [2.24, 2.45) is 0 Å². The maximum atomic E-state index is 12.1. The van der Waals surface area contributed by atoms with Gasteiger partial charge in [-0.15, -0.1) is 0 Å². The van der Waals surface area contributed by atoms with Gasteiger partial charge in [0.25, 0.3) is 0 Å². The molecule has 0 aliphatic rings. The summed E-state index contributed by atoms with van der Waals surface area (Å²) in [5, 5.41) is 8.87. The molecular weight excluding hydrogens is 288 g/mol. The van der Waals surface area contributed by atoms with Gasteiger partial charge in [-0.05, 0) is 24.6 Å². The number of nitrogens with zero attached hydrogens (tertiary/aromatic N) is 1. The summed E-state index contributed by atoms with van der Waals surface area (Å²) >= 11 is 5.83. The van der Waals surface area contributed by atoms with Crippen molar-refractivity contribution < 1.29 is 13.2 Å². The molecule has 1 unspecified atom stereocenters. The van der Waals surface area contributed by atoms with Crippen molar-refractivity contribution >= 4 is 21.6 Å². The summed E-state index contributed by atoms with van der Waals surface area (Å²) in [7, 11) is -2.16. The first-order valence-electron chi connectivity index (χ1n) is 5.65. The van der Waals surface area contributed by atoms with Crippen molar-refractivity contribution in [1.82, 2.24) is 4.72 Å². The van der Waals surface area contributed by atoms with E-state index in [0.717, 1.165) is 0 Å². The minimum Gasteiger partial charge on any atom is -0.383 e. The average Bonchev–Trinajstić information content (AvgIpc) is 2.37. The molecule has 1 aromatic rings. The molecule has 0 spiro atoms. The van der Waals surface area contributed by atoms with E-state index in [-0.39, 0.29) is 21.5 Å². The number of hydrogen-bond acceptors (Lipinski definition) is 4. The van der Waals surface area contributed by atoms with Gasteiger partial charge in [-0.25, -0.2) is 13.1 Å². The minimum atomic E-state index is -3.67. The van der Waals surface area contributed by atoms with Gasteiger partial charge >= 0.3 is 0 Å². The lowest BCUT2D eigenvalue weighted by atomic mass is 10.2. The van der Waals surface area contributed by atoms with Gasteiger partial charge in [-0.1, -0.05) is 18.5 Å². The van der Waals surface area contributed by atoms with E-state index < -0.39 is 10.0 Å². The standard InChI is InChI=1S/C12H15ClN2O3S/c1-3-10(8-18-2)15-19(16,17)11-5-4-9(7-14)12(13)6-11/h4-6,10,15H,3,8H2,1-2H3. The van der Waals surface area contributed by atoms with Crippen LogP contribution in [0.3, 0.4) is 0 Å². The molecule has 0 saturated heterocycles. The van der Waals surface area contributed by atoms with Crippen LogP contribution in [-0.2, 0) is 14.8 Å². The highest BCUT2D eigenvalue weighted by Crippen LogP contribution is 2.20. The highest BCUT2D eigenvalue weighted by atomic mass is 35.5. The fourth-order valence-electron chi connectivity index (χ4n) is 1.48. The lowest BCUT2D eigenvalue weighted by Crippen LogP contribution is -2.37. The molecule has 0 radical (unpaired) electrons. The summed E-state index contributed by atoms with van der Waals surface area (Å²) in [5.41, 5.74) is 0.240. The van der Waals surface area contributed by atoms with Gasteiger partial charge in [0.2, 0.25) is 10.0 Å². The lowest BCUT2D eigenvalue weighted by molar-refractivity contribution is 0.173. The van der Waals surface area contributed by atoms with Crippen molar-refractivity contribution in [1.29, 1.82) is 5.26 Å². The zero-order chi connectivity index (χ0) is 14.5. The van der Waals surface area contributed by atoms with E-state index in [9.17, 15) is 8.42 Å². The number of methoxy groups -OCH3 is 1. The number of nitrogens with one attached hydrogen (secondary N) is 1. The number of benzene rings is 1. The molecule has 0 bridgehead atoms. The number of sulfonamides is 1. The molecule has 0 aliphatic carbocycles. The highest BCUT2D eigenvalue weighted by Gasteiger charge is 2.19. The van der Waals surface area contributed by atoms with E-state index in [1.54, 1.807) is 0 Å². The number of hydrogen-bond donors (Lipinski definition) is 1. The molecule has 1 atom stereocenters. The molecule has 1 rings (SSSR count). The number of ether oxygens (including phenoxy) is 1. The van der Waals surface area contributed by atoms with Gasteiger partial charge < -0.3 is 4.74 Å². The third-order valence-electron chi connectivity index (χ3n) is 2.55. The molecule has 0 fully saturated rings. The van der Waals surface area contributed by atoms with E-state index >= 15 is 0 Å². The normalized spacial score (nSPS) is 12.9. The Labute approximate surface area is 118 Å². The highest BCUT2D eigenvalue weighted by molar-refractivity contribution is 7.89. The van der Waals surface area contributed by atoms with Gasteiger partial charge in [-0.3, -0.25) is 0 Å². The fraction of sp³-hybridized carbons (Fsp3) is 0.417. The second-order valence-electron chi connectivity index (χ2n) is 3.94. The van der Waals surface area contributed by atoms with Gasteiger partial charge in [-0.2, -0.15) is 5.26 Å². The van der Waals surface area contributed by atoms with Crippen molar-refractivity contribution in [2.75, 3.05) is 13.7 Å². The SMILES string of the molecule is CCC(COC)NS(=O)(=O)c1ccc(C#N)c(Cl)c1. The van der Waals surface area contributed by atoms with E-state index in [1.165, 1.54) is 25.3 Å². The zero-order valence-electron chi connectivity index (χ0n) is 10.7. The van der Waals surface area contributed by atoms with Crippen LogP contribution in [0.4, 0.5) is 0 Å². The Morgan fingerprint density at radius 2 is 2.21 bits per heavy atom. The third-order valence-corrected chi connectivity index (χ3v) is 4.38. The quantitative estimate of drug-likeness (QED) is 0.870. The first-order chi connectivity index (χ1) is 8.94. The topological polar surface area (TPSA) is 79.2 Å². The second-order valence-corrected chi connectivity index (χ2v) is 6.06. The summed E-state index contributed by atoms with van der Waals surface area (Å²) in [6.45, 7) is 2.15. The monoisotopic (exact) mass is 302 g/mol. The van der Waals surface area contributed by atoms with Crippen LogP contribution in [0.15, 0.2) is 23.1 Å². The Morgan fingerprint density at radius 3 is 2.68 bits per heavy atom. The molecule has 1 aromatic carbocycles. The molecule has 0 aromatic heterocycles. The van der Waals surface area contributed by atoms with Gasteiger partial charge in [0.15, 0.2) is 0 Å². The summed E-state index contributed by atoms with van der Waals surface area (Å²) < 4.78 is 31.7. The van der Waals surface area contributed by atoms with E-state index in [2.05, 4.69) is 4.72 Å². The summed E-state index contributed by atoms with van der Waals surface area (Å²) in [6, 6.07) is 5.58. The second kappa shape index (κ2) is 6.87.